The molecule has 22 heavy (non-hydrogen) atoms. The van der Waals surface area contributed by atoms with E-state index in [0.29, 0.717) is 26.1 Å². The monoisotopic (exact) mass is 326 g/mol. The minimum Gasteiger partial charge on any atom is -0.481 e. The maximum atomic E-state index is 12.3. The SMILES string of the molecule is Cc1ccccc1CC(=O)N1CCN(CCC(=O)O)CC1.Cl. The molecular weight excluding hydrogens is 304 g/mol. The molecule has 1 aromatic carbocycles. The average molecular weight is 327 g/mol. The first-order valence-corrected chi connectivity index (χ1v) is 7.32. The van der Waals surface area contributed by atoms with Crippen molar-refractivity contribution in [3.05, 3.63) is 35.4 Å². The summed E-state index contributed by atoms with van der Waals surface area (Å²) in [7, 11) is 0. The van der Waals surface area contributed by atoms with E-state index in [9.17, 15) is 9.59 Å². The van der Waals surface area contributed by atoms with Gasteiger partial charge in [-0.3, -0.25) is 14.5 Å². The lowest BCUT2D eigenvalue weighted by molar-refractivity contribution is -0.138. The fourth-order valence-corrected chi connectivity index (χ4v) is 2.56. The van der Waals surface area contributed by atoms with Crippen LogP contribution < -0.4 is 0 Å². The molecule has 2 rings (SSSR count). The summed E-state index contributed by atoms with van der Waals surface area (Å²) in [6.07, 6.45) is 0.610. The average Bonchev–Trinajstić information content (AvgIpc) is 2.48. The minimum absolute atomic E-state index is 0. The van der Waals surface area contributed by atoms with Gasteiger partial charge in [0.25, 0.3) is 0 Å². The van der Waals surface area contributed by atoms with Crippen LogP contribution in [0.3, 0.4) is 0 Å². The van der Waals surface area contributed by atoms with E-state index in [2.05, 4.69) is 4.90 Å². The van der Waals surface area contributed by atoms with E-state index >= 15 is 0 Å². The molecule has 1 heterocycles. The van der Waals surface area contributed by atoms with Gasteiger partial charge in [-0.15, -0.1) is 12.4 Å². The number of aryl methyl sites for hydroxylation is 1. The number of carbonyl (C=O) groups excluding carboxylic acids is 1. The summed E-state index contributed by atoms with van der Waals surface area (Å²) in [5, 5.41) is 8.68. The zero-order valence-electron chi connectivity index (χ0n) is 12.8. The molecule has 1 amide bonds. The van der Waals surface area contributed by atoms with Gasteiger partial charge in [0, 0.05) is 32.7 Å². The highest BCUT2D eigenvalue weighted by Crippen LogP contribution is 2.11. The Hall–Kier alpha value is -1.59. The number of carbonyl (C=O) groups is 2. The van der Waals surface area contributed by atoms with Crippen LogP contribution >= 0.6 is 12.4 Å². The van der Waals surface area contributed by atoms with Crippen LogP contribution in [-0.4, -0.2) is 59.5 Å². The fraction of sp³-hybridized carbons (Fsp3) is 0.500. The first-order chi connectivity index (χ1) is 10.1. The van der Waals surface area contributed by atoms with Gasteiger partial charge in [-0.2, -0.15) is 0 Å². The summed E-state index contributed by atoms with van der Waals surface area (Å²) in [6, 6.07) is 7.95. The highest BCUT2D eigenvalue weighted by atomic mass is 35.5. The Morgan fingerprint density at radius 1 is 1.14 bits per heavy atom. The number of piperazine rings is 1. The summed E-state index contributed by atoms with van der Waals surface area (Å²) in [6.45, 7) is 5.47. The summed E-state index contributed by atoms with van der Waals surface area (Å²) < 4.78 is 0. The van der Waals surface area contributed by atoms with Crippen LogP contribution in [-0.2, 0) is 16.0 Å². The van der Waals surface area contributed by atoms with Crippen molar-refractivity contribution in [2.45, 2.75) is 19.8 Å². The Labute approximate surface area is 137 Å². The Kier molecular flexibility index (Phi) is 7.35. The lowest BCUT2D eigenvalue weighted by Gasteiger charge is -2.34. The number of aliphatic carboxylic acids is 1. The van der Waals surface area contributed by atoms with Crippen molar-refractivity contribution in [3.8, 4) is 0 Å². The van der Waals surface area contributed by atoms with Crippen molar-refractivity contribution >= 4 is 24.3 Å². The fourth-order valence-electron chi connectivity index (χ4n) is 2.56. The third kappa shape index (κ3) is 5.31. The molecule has 1 N–H and O–H groups in total. The van der Waals surface area contributed by atoms with E-state index in [0.717, 1.165) is 24.2 Å². The normalized spacial score (nSPS) is 15.2. The first kappa shape index (κ1) is 18.5. The zero-order valence-corrected chi connectivity index (χ0v) is 13.6. The van der Waals surface area contributed by atoms with Crippen molar-refractivity contribution < 1.29 is 14.7 Å². The van der Waals surface area contributed by atoms with Gasteiger partial charge < -0.3 is 10.0 Å². The van der Waals surface area contributed by atoms with Crippen LogP contribution in [0.5, 0.6) is 0 Å². The Morgan fingerprint density at radius 3 is 2.36 bits per heavy atom. The number of carboxylic acids is 1. The number of amides is 1. The van der Waals surface area contributed by atoms with Crippen LogP contribution in [0.4, 0.5) is 0 Å². The second-order valence-electron chi connectivity index (χ2n) is 5.47. The first-order valence-electron chi connectivity index (χ1n) is 7.32. The Bertz CT molecular complexity index is 514. The van der Waals surface area contributed by atoms with E-state index in [-0.39, 0.29) is 24.7 Å². The molecule has 1 aromatic rings. The van der Waals surface area contributed by atoms with Crippen molar-refractivity contribution in [1.29, 1.82) is 0 Å². The van der Waals surface area contributed by atoms with Crippen molar-refractivity contribution in [1.82, 2.24) is 9.80 Å². The van der Waals surface area contributed by atoms with Crippen LogP contribution in [0.2, 0.25) is 0 Å². The lowest BCUT2D eigenvalue weighted by Crippen LogP contribution is -2.49. The molecule has 0 spiro atoms. The minimum atomic E-state index is -0.770. The zero-order chi connectivity index (χ0) is 15.2. The smallest absolute Gasteiger partial charge is 0.304 e. The van der Waals surface area contributed by atoms with Crippen LogP contribution in [0.1, 0.15) is 17.5 Å². The van der Waals surface area contributed by atoms with Crippen LogP contribution in [0.15, 0.2) is 24.3 Å². The molecule has 0 atom stereocenters. The third-order valence-electron chi connectivity index (χ3n) is 3.97. The lowest BCUT2D eigenvalue weighted by atomic mass is 10.1. The third-order valence-corrected chi connectivity index (χ3v) is 3.97. The van der Waals surface area contributed by atoms with E-state index in [1.54, 1.807) is 0 Å². The van der Waals surface area contributed by atoms with Gasteiger partial charge >= 0.3 is 5.97 Å². The Balaban J connectivity index is 0.00000242. The maximum absolute atomic E-state index is 12.3. The molecule has 0 aromatic heterocycles. The molecular formula is C16H23ClN2O3. The van der Waals surface area contributed by atoms with Gasteiger partial charge in [-0.05, 0) is 18.1 Å². The largest absolute Gasteiger partial charge is 0.481 e. The predicted octanol–water partition coefficient (Wildman–Crippen LogP) is 1.58. The topological polar surface area (TPSA) is 60.9 Å². The molecule has 1 aliphatic rings. The van der Waals surface area contributed by atoms with Gasteiger partial charge in [0.2, 0.25) is 5.91 Å². The van der Waals surface area contributed by atoms with Gasteiger partial charge in [0.05, 0.1) is 12.8 Å². The molecule has 0 aliphatic carbocycles. The highest BCUT2D eigenvalue weighted by molar-refractivity contribution is 5.85. The number of carboxylic acid groups (broad SMARTS) is 1. The van der Waals surface area contributed by atoms with Crippen molar-refractivity contribution in [3.63, 3.8) is 0 Å². The van der Waals surface area contributed by atoms with Crippen LogP contribution in [0, 0.1) is 6.92 Å². The standard InChI is InChI=1S/C16H22N2O3.ClH/c1-13-4-2-3-5-14(13)12-15(19)18-10-8-17(9-11-18)7-6-16(20)21;/h2-5H,6-12H2,1H3,(H,20,21);1H. The number of hydrogen-bond acceptors (Lipinski definition) is 3. The molecule has 0 saturated carbocycles. The van der Waals surface area contributed by atoms with Gasteiger partial charge in [0.1, 0.15) is 0 Å². The van der Waals surface area contributed by atoms with Gasteiger partial charge in [-0.1, -0.05) is 24.3 Å². The molecule has 0 unspecified atom stereocenters. The molecule has 0 bridgehead atoms. The van der Waals surface area contributed by atoms with Crippen molar-refractivity contribution in [2.24, 2.45) is 0 Å². The second kappa shape index (κ2) is 8.76. The summed E-state index contributed by atoms with van der Waals surface area (Å²) in [5.74, 6) is -0.616. The number of halogens is 1. The molecule has 1 fully saturated rings. The predicted molar refractivity (Wildman–Crippen MR) is 87.4 cm³/mol. The summed E-state index contributed by atoms with van der Waals surface area (Å²) >= 11 is 0. The molecule has 122 valence electrons. The number of rotatable bonds is 5. The second-order valence-corrected chi connectivity index (χ2v) is 5.47. The van der Waals surface area contributed by atoms with Crippen LogP contribution in [0.25, 0.3) is 0 Å². The molecule has 6 heteroatoms. The van der Waals surface area contributed by atoms with Gasteiger partial charge in [0.15, 0.2) is 0 Å². The van der Waals surface area contributed by atoms with Gasteiger partial charge in [-0.25, -0.2) is 0 Å². The highest BCUT2D eigenvalue weighted by Gasteiger charge is 2.21. The molecule has 1 aliphatic heterocycles. The molecule has 1 saturated heterocycles. The number of nitrogens with zero attached hydrogens (tertiary/aromatic N) is 2. The van der Waals surface area contributed by atoms with E-state index in [4.69, 9.17) is 5.11 Å². The van der Waals surface area contributed by atoms with E-state index in [1.165, 1.54) is 0 Å². The molecule has 0 radical (unpaired) electrons. The Morgan fingerprint density at radius 2 is 1.77 bits per heavy atom. The number of benzene rings is 1. The number of hydrogen-bond donors (Lipinski definition) is 1. The summed E-state index contributed by atoms with van der Waals surface area (Å²) in [4.78, 5) is 26.8. The quantitative estimate of drug-likeness (QED) is 0.892. The van der Waals surface area contributed by atoms with Crippen molar-refractivity contribution in [2.75, 3.05) is 32.7 Å². The molecule has 5 nitrogen and oxygen atoms in total. The maximum Gasteiger partial charge on any atom is 0.304 e. The van der Waals surface area contributed by atoms with E-state index in [1.807, 2.05) is 36.1 Å². The van der Waals surface area contributed by atoms with E-state index < -0.39 is 5.97 Å². The summed E-state index contributed by atoms with van der Waals surface area (Å²) in [5.41, 5.74) is 2.22.